The van der Waals surface area contributed by atoms with Gasteiger partial charge in [-0.25, -0.2) is 0 Å². The first-order valence-corrected chi connectivity index (χ1v) is 9.15. The molecule has 0 fully saturated rings. The number of carbonyl (C=O) groups excluding carboxylic acids is 1. The molecule has 0 aliphatic rings. The standard InChI is InChI=1S/C22H29NO4/c1-14(2)26-19-10-9-18(12-21(19)25-6)13-23-22(24)17(5)27-20-11-15(3)7-8-16(20)4/h7-12,14,17H,13H2,1-6H3,(H,23,24). The lowest BCUT2D eigenvalue weighted by molar-refractivity contribution is -0.127. The van der Waals surface area contributed by atoms with Crippen molar-refractivity contribution in [2.24, 2.45) is 0 Å². The predicted molar refractivity (Wildman–Crippen MR) is 107 cm³/mol. The first-order chi connectivity index (χ1) is 12.8. The van der Waals surface area contributed by atoms with Gasteiger partial charge in [0.15, 0.2) is 17.6 Å². The predicted octanol–water partition coefficient (Wildman–Crippen LogP) is 4.18. The van der Waals surface area contributed by atoms with E-state index in [0.717, 1.165) is 22.4 Å². The highest BCUT2D eigenvalue weighted by molar-refractivity contribution is 5.80. The Morgan fingerprint density at radius 1 is 0.963 bits per heavy atom. The second-order valence-corrected chi connectivity index (χ2v) is 6.90. The van der Waals surface area contributed by atoms with E-state index in [0.29, 0.717) is 18.0 Å². The van der Waals surface area contributed by atoms with Crippen molar-refractivity contribution in [1.29, 1.82) is 0 Å². The fourth-order valence-corrected chi connectivity index (χ4v) is 2.58. The van der Waals surface area contributed by atoms with Crippen LogP contribution in [0.5, 0.6) is 17.2 Å². The molecule has 1 amide bonds. The molecule has 2 aromatic carbocycles. The van der Waals surface area contributed by atoms with Crippen molar-refractivity contribution in [3.8, 4) is 17.2 Å². The minimum absolute atomic E-state index is 0.0625. The third-order valence-electron chi connectivity index (χ3n) is 4.07. The maximum absolute atomic E-state index is 12.4. The van der Waals surface area contributed by atoms with Gasteiger partial charge in [0, 0.05) is 6.54 Å². The van der Waals surface area contributed by atoms with Crippen molar-refractivity contribution < 1.29 is 19.0 Å². The zero-order valence-corrected chi connectivity index (χ0v) is 17.0. The highest BCUT2D eigenvalue weighted by Gasteiger charge is 2.16. The molecule has 2 aromatic rings. The molecule has 0 saturated heterocycles. The number of methoxy groups -OCH3 is 1. The van der Waals surface area contributed by atoms with Crippen LogP contribution in [0.3, 0.4) is 0 Å². The van der Waals surface area contributed by atoms with Crippen LogP contribution in [0.1, 0.15) is 37.5 Å². The summed E-state index contributed by atoms with van der Waals surface area (Å²) in [6.07, 6.45) is -0.525. The van der Waals surface area contributed by atoms with E-state index in [9.17, 15) is 4.79 Å². The van der Waals surface area contributed by atoms with Crippen LogP contribution in [-0.2, 0) is 11.3 Å². The molecule has 5 nitrogen and oxygen atoms in total. The zero-order chi connectivity index (χ0) is 20.0. The summed E-state index contributed by atoms with van der Waals surface area (Å²) in [6.45, 7) is 10.0. The van der Waals surface area contributed by atoms with Crippen LogP contribution in [0.15, 0.2) is 36.4 Å². The molecule has 0 spiro atoms. The van der Waals surface area contributed by atoms with Crippen molar-refractivity contribution in [3.63, 3.8) is 0 Å². The van der Waals surface area contributed by atoms with Gasteiger partial charge in [-0.1, -0.05) is 18.2 Å². The lowest BCUT2D eigenvalue weighted by Gasteiger charge is -2.17. The minimum atomic E-state index is -0.587. The van der Waals surface area contributed by atoms with E-state index in [-0.39, 0.29) is 12.0 Å². The van der Waals surface area contributed by atoms with Gasteiger partial charge in [0.25, 0.3) is 5.91 Å². The van der Waals surface area contributed by atoms with Crippen LogP contribution in [0.4, 0.5) is 0 Å². The van der Waals surface area contributed by atoms with Gasteiger partial charge in [-0.2, -0.15) is 0 Å². The summed E-state index contributed by atoms with van der Waals surface area (Å²) in [7, 11) is 1.60. The SMILES string of the molecule is COc1cc(CNC(=O)C(C)Oc2cc(C)ccc2C)ccc1OC(C)C. The molecule has 0 radical (unpaired) electrons. The van der Waals surface area contributed by atoms with E-state index in [1.165, 1.54) is 0 Å². The van der Waals surface area contributed by atoms with Crippen molar-refractivity contribution in [2.45, 2.75) is 53.4 Å². The van der Waals surface area contributed by atoms with Gasteiger partial charge < -0.3 is 19.5 Å². The molecule has 27 heavy (non-hydrogen) atoms. The maximum atomic E-state index is 12.4. The normalized spacial score (nSPS) is 11.8. The molecule has 0 bridgehead atoms. The number of rotatable bonds is 8. The largest absolute Gasteiger partial charge is 0.493 e. The molecule has 1 unspecified atom stereocenters. The Bertz CT molecular complexity index is 786. The van der Waals surface area contributed by atoms with Crippen LogP contribution < -0.4 is 19.5 Å². The van der Waals surface area contributed by atoms with E-state index < -0.39 is 6.10 Å². The Morgan fingerprint density at radius 2 is 1.70 bits per heavy atom. The lowest BCUT2D eigenvalue weighted by Crippen LogP contribution is -2.36. The molecule has 0 aliphatic carbocycles. The average Bonchev–Trinajstić information content (AvgIpc) is 2.63. The van der Waals surface area contributed by atoms with Crippen molar-refractivity contribution in [2.75, 3.05) is 7.11 Å². The maximum Gasteiger partial charge on any atom is 0.261 e. The molecule has 0 aliphatic heterocycles. The van der Waals surface area contributed by atoms with Crippen molar-refractivity contribution in [1.82, 2.24) is 5.32 Å². The first kappa shape index (κ1) is 20.6. The number of benzene rings is 2. The van der Waals surface area contributed by atoms with E-state index in [4.69, 9.17) is 14.2 Å². The number of carbonyl (C=O) groups is 1. The molecule has 5 heteroatoms. The third kappa shape index (κ3) is 5.91. The Labute approximate surface area is 161 Å². The van der Waals surface area contributed by atoms with E-state index in [1.807, 2.05) is 64.1 Å². The van der Waals surface area contributed by atoms with Gasteiger partial charge in [0.1, 0.15) is 5.75 Å². The number of amides is 1. The first-order valence-electron chi connectivity index (χ1n) is 9.15. The molecule has 0 saturated carbocycles. The number of ether oxygens (including phenoxy) is 3. The van der Waals surface area contributed by atoms with Gasteiger partial charge in [0.05, 0.1) is 13.2 Å². The molecule has 146 valence electrons. The highest BCUT2D eigenvalue weighted by Crippen LogP contribution is 2.29. The second-order valence-electron chi connectivity index (χ2n) is 6.90. The molecule has 2 rings (SSSR count). The van der Waals surface area contributed by atoms with Crippen molar-refractivity contribution in [3.05, 3.63) is 53.1 Å². The Morgan fingerprint density at radius 3 is 2.37 bits per heavy atom. The third-order valence-corrected chi connectivity index (χ3v) is 4.07. The molecular weight excluding hydrogens is 342 g/mol. The topological polar surface area (TPSA) is 56.8 Å². The molecule has 1 atom stereocenters. The van der Waals surface area contributed by atoms with E-state index >= 15 is 0 Å². The molecule has 0 aromatic heterocycles. The fourth-order valence-electron chi connectivity index (χ4n) is 2.58. The number of hydrogen-bond acceptors (Lipinski definition) is 4. The van der Waals surface area contributed by atoms with Crippen molar-refractivity contribution >= 4 is 5.91 Å². The average molecular weight is 371 g/mol. The summed E-state index contributed by atoms with van der Waals surface area (Å²) in [6, 6.07) is 11.6. The molecular formula is C22H29NO4. The van der Waals surface area contributed by atoms with Gasteiger partial charge in [-0.3, -0.25) is 4.79 Å². The summed E-state index contributed by atoms with van der Waals surface area (Å²) in [5.74, 6) is 1.90. The number of hydrogen-bond donors (Lipinski definition) is 1. The Hall–Kier alpha value is -2.69. The van der Waals surface area contributed by atoms with E-state index in [1.54, 1.807) is 14.0 Å². The molecule has 0 heterocycles. The summed E-state index contributed by atoms with van der Waals surface area (Å²) in [5.41, 5.74) is 3.03. The van der Waals surface area contributed by atoms with Crippen LogP contribution in [0.2, 0.25) is 0 Å². The highest BCUT2D eigenvalue weighted by atomic mass is 16.5. The quantitative estimate of drug-likeness (QED) is 0.756. The zero-order valence-electron chi connectivity index (χ0n) is 17.0. The molecule has 1 N–H and O–H groups in total. The number of nitrogens with one attached hydrogen (secondary N) is 1. The van der Waals surface area contributed by atoms with Gasteiger partial charge in [0.2, 0.25) is 0 Å². The smallest absolute Gasteiger partial charge is 0.261 e. The second kappa shape index (κ2) is 9.31. The lowest BCUT2D eigenvalue weighted by atomic mass is 10.1. The minimum Gasteiger partial charge on any atom is -0.493 e. The van der Waals surface area contributed by atoms with Gasteiger partial charge >= 0.3 is 0 Å². The van der Waals surface area contributed by atoms with Crippen LogP contribution >= 0.6 is 0 Å². The summed E-state index contributed by atoms with van der Waals surface area (Å²) < 4.78 is 16.9. The monoisotopic (exact) mass is 371 g/mol. The van der Waals surface area contributed by atoms with E-state index in [2.05, 4.69) is 5.32 Å². The summed E-state index contributed by atoms with van der Waals surface area (Å²) in [5, 5.41) is 2.90. The Kier molecular flexibility index (Phi) is 7.11. The summed E-state index contributed by atoms with van der Waals surface area (Å²) >= 11 is 0. The number of aryl methyl sites for hydroxylation is 2. The summed E-state index contributed by atoms with van der Waals surface area (Å²) in [4.78, 5) is 12.4. The van der Waals surface area contributed by atoms with Crippen LogP contribution in [0.25, 0.3) is 0 Å². The van der Waals surface area contributed by atoms with Crippen LogP contribution in [0, 0.1) is 13.8 Å². The fraction of sp³-hybridized carbons (Fsp3) is 0.409. The van der Waals surface area contributed by atoms with Gasteiger partial charge in [-0.15, -0.1) is 0 Å². The Balaban J connectivity index is 1.97. The van der Waals surface area contributed by atoms with Crippen LogP contribution in [-0.4, -0.2) is 25.2 Å². The van der Waals surface area contributed by atoms with Gasteiger partial charge in [-0.05, 0) is 69.5 Å².